The third-order valence-electron chi connectivity index (χ3n) is 5.00. The summed E-state index contributed by atoms with van der Waals surface area (Å²) in [5.74, 6) is 0.944. The molecule has 3 heterocycles. The maximum absolute atomic E-state index is 13.1. The number of amides is 1. The summed E-state index contributed by atoms with van der Waals surface area (Å²) < 4.78 is 15.1. The molecule has 1 aliphatic heterocycles. The monoisotopic (exact) mass is 421 g/mol. The number of phenols is 1. The van der Waals surface area contributed by atoms with Gasteiger partial charge >= 0.3 is 0 Å². The largest absolute Gasteiger partial charge is 0.507 e. The summed E-state index contributed by atoms with van der Waals surface area (Å²) in [7, 11) is 0. The fraction of sp³-hybridized carbons (Fsp3) is 0.143. The van der Waals surface area contributed by atoms with Crippen molar-refractivity contribution in [3.63, 3.8) is 0 Å². The van der Waals surface area contributed by atoms with Gasteiger partial charge < -0.3 is 14.6 Å². The molecule has 0 aliphatic carbocycles. The van der Waals surface area contributed by atoms with Crippen molar-refractivity contribution in [3.05, 3.63) is 71.1 Å². The van der Waals surface area contributed by atoms with E-state index in [4.69, 9.17) is 0 Å². The van der Waals surface area contributed by atoms with E-state index in [9.17, 15) is 14.3 Å². The van der Waals surface area contributed by atoms with Gasteiger partial charge in [0.2, 0.25) is 0 Å². The maximum Gasteiger partial charge on any atom is 0.254 e. The summed E-state index contributed by atoms with van der Waals surface area (Å²) in [6.07, 6.45) is 0. The van der Waals surface area contributed by atoms with Crippen molar-refractivity contribution in [3.8, 4) is 27.8 Å². The second-order valence-electron chi connectivity index (χ2n) is 6.88. The number of benzene rings is 2. The fourth-order valence-corrected chi connectivity index (χ4v) is 4.28. The third-order valence-corrected chi connectivity index (χ3v) is 5.87. The zero-order chi connectivity index (χ0) is 20.7. The van der Waals surface area contributed by atoms with Crippen LogP contribution in [0.4, 0.5) is 4.39 Å². The Kier molecular flexibility index (Phi) is 4.51. The highest BCUT2D eigenvalue weighted by atomic mass is 32.1. The van der Waals surface area contributed by atoms with Crippen molar-refractivity contribution in [2.75, 3.05) is 6.54 Å². The molecule has 1 N–H and O–H groups in total. The fourth-order valence-electron chi connectivity index (χ4n) is 3.45. The molecule has 7 nitrogen and oxygen atoms in total. The minimum atomic E-state index is -0.374. The molecular formula is C21H16FN5O2S. The molecule has 9 heteroatoms. The number of aromatic hydroxyl groups is 1. The SMILES string of the molecule is O=C(c1ccc(F)cc1)N1CCn2c(nnc2-c2csc(-c3ccccc3O)n2)C1. The number of carbonyl (C=O) groups excluding carboxylic acids is 1. The lowest BCUT2D eigenvalue weighted by molar-refractivity contribution is 0.0708. The lowest BCUT2D eigenvalue weighted by Crippen LogP contribution is -2.38. The molecule has 0 saturated carbocycles. The zero-order valence-corrected chi connectivity index (χ0v) is 16.5. The molecule has 0 saturated heterocycles. The van der Waals surface area contributed by atoms with Gasteiger partial charge in [-0.25, -0.2) is 9.37 Å². The van der Waals surface area contributed by atoms with E-state index in [1.54, 1.807) is 17.0 Å². The van der Waals surface area contributed by atoms with Crippen molar-refractivity contribution >= 4 is 17.2 Å². The van der Waals surface area contributed by atoms with Crippen LogP contribution >= 0.6 is 11.3 Å². The number of nitrogens with zero attached hydrogens (tertiary/aromatic N) is 5. The third kappa shape index (κ3) is 3.22. The summed E-state index contributed by atoms with van der Waals surface area (Å²) >= 11 is 1.42. The number of carbonyl (C=O) groups is 1. The predicted octanol–water partition coefficient (Wildman–Crippen LogP) is 3.57. The first-order chi connectivity index (χ1) is 14.6. The molecule has 1 aliphatic rings. The average Bonchev–Trinajstić information content (AvgIpc) is 3.40. The molecule has 4 aromatic rings. The lowest BCUT2D eigenvalue weighted by Gasteiger charge is -2.27. The molecule has 0 unspecified atom stereocenters. The molecule has 150 valence electrons. The molecule has 2 aromatic carbocycles. The van der Waals surface area contributed by atoms with Crippen molar-refractivity contribution in [2.45, 2.75) is 13.1 Å². The summed E-state index contributed by atoms with van der Waals surface area (Å²) in [4.78, 5) is 19.0. The Hall–Kier alpha value is -3.59. The Morgan fingerprint density at radius 1 is 1.07 bits per heavy atom. The molecular weight excluding hydrogens is 405 g/mol. The van der Waals surface area contributed by atoms with E-state index in [-0.39, 0.29) is 17.5 Å². The number of rotatable bonds is 3. The molecule has 0 fully saturated rings. The van der Waals surface area contributed by atoms with Crippen LogP contribution in [0.1, 0.15) is 16.2 Å². The maximum atomic E-state index is 13.1. The molecule has 1 amide bonds. The highest BCUT2D eigenvalue weighted by Gasteiger charge is 2.26. The van der Waals surface area contributed by atoms with Crippen molar-refractivity contribution in [1.29, 1.82) is 0 Å². The Labute approximate surface area is 175 Å². The van der Waals surface area contributed by atoms with E-state index in [1.807, 2.05) is 22.1 Å². The van der Waals surface area contributed by atoms with Crippen LogP contribution in [0.2, 0.25) is 0 Å². The predicted molar refractivity (Wildman–Crippen MR) is 109 cm³/mol. The zero-order valence-electron chi connectivity index (χ0n) is 15.7. The summed E-state index contributed by atoms with van der Waals surface area (Å²) in [5.41, 5.74) is 1.79. The number of thiazole rings is 1. The van der Waals surface area contributed by atoms with E-state index in [0.29, 0.717) is 53.1 Å². The van der Waals surface area contributed by atoms with Gasteiger partial charge in [-0.15, -0.1) is 21.5 Å². The molecule has 2 aromatic heterocycles. The summed E-state index contributed by atoms with van der Waals surface area (Å²) in [6.45, 7) is 1.35. The Morgan fingerprint density at radius 3 is 2.67 bits per heavy atom. The first-order valence-corrected chi connectivity index (χ1v) is 10.2. The van der Waals surface area contributed by atoms with Crippen LogP contribution in [0.5, 0.6) is 5.75 Å². The molecule has 0 bridgehead atoms. The minimum absolute atomic E-state index is 0.165. The average molecular weight is 421 g/mol. The van der Waals surface area contributed by atoms with Gasteiger partial charge in [0.1, 0.15) is 22.3 Å². The van der Waals surface area contributed by atoms with Crippen molar-refractivity contribution < 1.29 is 14.3 Å². The molecule has 0 spiro atoms. The van der Waals surface area contributed by atoms with E-state index >= 15 is 0 Å². The van der Waals surface area contributed by atoms with Crippen molar-refractivity contribution in [1.82, 2.24) is 24.6 Å². The van der Waals surface area contributed by atoms with Gasteiger partial charge in [-0.05, 0) is 36.4 Å². The molecule has 0 radical (unpaired) electrons. The van der Waals surface area contributed by atoms with Gasteiger partial charge in [0.25, 0.3) is 5.91 Å². The second-order valence-corrected chi connectivity index (χ2v) is 7.74. The van der Waals surface area contributed by atoms with Gasteiger partial charge in [-0.2, -0.15) is 0 Å². The van der Waals surface area contributed by atoms with Crippen LogP contribution in [0.15, 0.2) is 53.9 Å². The van der Waals surface area contributed by atoms with Gasteiger partial charge in [0.15, 0.2) is 11.6 Å². The van der Waals surface area contributed by atoms with Crippen LogP contribution in [-0.2, 0) is 13.1 Å². The van der Waals surface area contributed by atoms with Crippen molar-refractivity contribution in [2.24, 2.45) is 0 Å². The summed E-state index contributed by atoms with van der Waals surface area (Å²) in [6, 6.07) is 12.6. The number of fused-ring (bicyclic) bond motifs is 1. The normalized spacial score (nSPS) is 13.3. The van der Waals surface area contributed by atoms with Gasteiger partial charge in [0, 0.05) is 24.0 Å². The summed E-state index contributed by atoms with van der Waals surface area (Å²) in [5, 5.41) is 21.2. The van der Waals surface area contributed by atoms with Crippen LogP contribution in [0.25, 0.3) is 22.1 Å². The number of hydrogen-bond acceptors (Lipinski definition) is 6. The van der Waals surface area contributed by atoms with Crippen LogP contribution in [-0.4, -0.2) is 42.2 Å². The van der Waals surface area contributed by atoms with E-state index in [1.165, 1.54) is 35.6 Å². The Balaban J connectivity index is 1.39. The molecule has 0 atom stereocenters. The molecule has 30 heavy (non-hydrogen) atoms. The number of hydrogen-bond donors (Lipinski definition) is 1. The number of aromatic nitrogens is 4. The second kappa shape index (κ2) is 7.34. The van der Waals surface area contributed by atoms with E-state index < -0.39 is 0 Å². The first kappa shape index (κ1) is 18.4. The quantitative estimate of drug-likeness (QED) is 0.547. The van der Waals surface area contributed by atoms with Gasteiger partial charge in [-0.3, -0.25) is 4.79 Å². The highest BCUT2D eigenvalue weighted by Crippen LogP contribution is 2.33. The Bertz CT molecular complexity index is 1230. The van der Waals surface area contributed by atoms with Gasteiger partial charge in [0.05, 0.1) is 12.1 Å². The Morgan fingerprint density at radius 2 is 1.87 bits per heavy atom. The van der Waals surface area contributed by atoms with Crippen LogP contribution in [0, 0.1) is 5.82 Å². The number of para-hydroxylation sites is 1. The number of phenolic OH excluding ortho intramolecular Hbond substituents is 1. The van der Waals surface area contributed by atoms with E-state index in [0.717, 1.165) is 0 Å². The number of halogens is 1. The minimum Gasteiger partial charge on any atom is -0.507 e. The smallest absolute Gasteiger partial charge is 0.254 e. The lowest BCUT2D eigenvalue weighted by atomic mass is 10.2. The van der Waals surface area contributed by atoms with E-state index in [2.05, 4.69) is 15.2 Å². The molecule has 5 rings (SSSR count). The van der Waals surface area contributed by atoms with Crippen LogP contribution < -0.4 is 0 Å². The standard InChI is InChI=1S/C21H16FN5O2S/c22-14-7-5-13(6-8-14)21(29)26-9-10-27-18(11-26)24-25-19(27)16-12-30-20(23-16)15-3-1-2-4-17(15)28/h1-8,12,28H,9-11H2. The highest BCUT2D eigenvalue weighted by molar-refractivity contribution is 7.13. The van der Waals surface area contributed by atoms with Crippen LogP contribution in [0.3, 0.4) is 0 Å². The first-order valence-electron chi connectivity index (χ1n) is 9.31. The topological polar surface area (TPSA) is 84.1 Å². The van der Waals surface area contributed by atoms with Gasteiger partial charge in [-0.1, -0.05) is 12.1 Å².